The van der Waals surface area contributed by atoms with Gasteiger partial charge in [0.05, 0.1) is 17.9 Å². The summed E-state index contributed by atoms with van der Waals surface area (Å²) in [6.07, 6.45) is 0. The summed E-state index contributed by atoms with van der Waals surface area (Å²) in [6, 6.07) is 3.48. The second-order valence-electron chi connectivity index (χ2n) is 3.60. The number of rotatable bonds is 6. The fraction of sp³-hybridized carbons (Fsp3) is 0.385. The lowest BCUT2D eigenvalue weighted by atomic mass is 10.1. The molecule has 0 fully saturated rings. The van der Waals surface area contributed by atoms with Crippen LogP contribution in [-0.4, -0.2) is 31.7 Å². The molecule has 0 aromatic heterocycles. The van der Waals surface area contributed by atoms with E-state index < -0.39 is 17.7 Å². The maximum Gasteiger partial charge on any atom is 0.340 e. The van der Waals surface area contributed by atoms with Gasteiger partial charge in [-0.3, -0.25) is 4.79 Å². The highest BCUT2D eigenvalue weighted by Crippen LogP contribution is 2.18. The van der Waals surface area contributed by atoms with Crippen molar-refractivity contribution >= 4 is 17.6 Å². The molecule has 6 heteroatoms. The van der Waals surface area contributed by atoms with Gasteiger partial charge in [-0.2, -0.15) is 0 Å². The van der Waals surface area contributed by atoms with Crippen LogP contribution in [0.25, 0.3) is 0 Å². The minimum atomic E-state index is -0.686. The Bertz CT molecular complexity index is 462. The van der Waals surface area contributed by atoms with Crippen molar-refractivity contribution < 1.29 is 23.5 Å². The maximum atomic E-state index is 13.1. The van der Waals surface area contributed by atoms with Crippen molar-refractivity contribution in [2.24, 2.45) is 0 Å². The van der Waals surface area contributed by atoms with Gasteiger partial charge in [0.25, 0.3) is 0 Å². The van der Waals surface area contributed by atoms with Crippen molar-refractivity contribution in [1.29, 1.82) is 0 Å². The third-order valence-corrected chi connectivity index (χ3v) is 2.19. The van der Waals surface area contributed by atoms with Crippen molar-refractivity contribution in [3.63, 3.8) is 0 Å². The van der Waals surface area contributed by atoms with Crippen LogP contribution in [0.2, 0.25) is 0 Å². The Morgan fingerprint density at radius 3 is 2.63 bits per heavy atom. The van der Waals surface area contributed by atoms with E-state index in [1.54, 1.807) is 13.8 Å². The number of hydrogen-bond acceptors (Lipinski definition) is 4. The van der Waals surface area contributed by atoms with E-state index in [0.29, 0.717) is 6.61 Å². The van der Waals surface area contributed by atoms with Crippen molar-refractivity contribution in [2.75, 3.05) is 25.1 Å². The highest BCUT2D eigenvalue weighted by Gasteiger charge is 2.15. The lowest BCUT2D eigenvalue weighted by Gasteiger charge is -2.10. The van der Waals surface area contributed by atoms with Crippen LogP contribution in [0.5, 0.6) is 0 Å². The summed E-state index contributed by atoms with van der Waals surface area (Å²) in [7, 11) is 0. The van der Waals surface area contributed by atoms with E-state index >= 15 is 0 Å². The van der Waals surface area contributed by atoms with Crippen molar-refractivity contribution in [3.05, 3.63) is 29.6 Å². The predicted molar refractivity (Wildman–Crippen MR) is 67.5 cm³/mol. The van der Waals surface area contributed by atoms with E-state index in [2.05, 4.69) is 5.32 Å². The highest BCUT2D eigenvalue weighted by molar-refractivity contribution is 6.01. The SMILES string of the molecule is CCOCC(=O)Nc1ccc(F)cc1C(=O)OCC. The van der Waals surface area contributed by atoms with Gasteiger partial charge in [0.15, 0.2) is 0 Å². The Morgan fingerprint density at radius 2 is 2.00 bits per heavy atom. The quantitative estimate of drug-likeness (QED) is 0.802. The molecular formula is C13H16FNO4. The van der Waals surface area contributed by atoms with Crippen LogP contribution in [0.4, 0.5) is 10.1 Å². The van der Waals surface area contributed by atoms with Crippen molar-refractivity contribution in [2.45, 2.75) is 13.8 Å². The summed E-state index contributed by atoms with van der Waals surface area (Å²) >= 11 is 0. The van der Waals surface area contributed by atoms with Crippen molar-refractivity contribution in [1.82, 2.24) is 0 Å². The van der Waals surface area contributed by atoms with Crippen LogP contribution in [-0.2, 0) is 14.3 Å². The topological polar surface area (TPSA) is 64.6 Å². The van der Waals surface area contributed by atoms with Gasteiger partial charge in [0, 0.05) is 6.61 Å². The summed E-state index contributed by atoms with van der Waals surface area (Å²) < 4.78 is 22.9. The molecule has 19 heavy (non-hydrogen) atoms. The summed E-state index contributed by atoms with van der Waals surface area (Å²) in [5.41, 5.74) is 0.177. The highest BCUT2D eigenvalue weighted by atomic mass is 19.1. The number of esters is 1. The first-order valence-electron chi connectivity index (χ1n) is 5.92. The van der Waals surface area contributed by atoms with Crippen LogP contribution in [0, 0.1) is 5.82 Å². The predicted octanol–water partition coefficient (Wildman–Crippen LogP) is 1.98. The third-order valence-electron chi connectivity index (χ3n) is 2.19. The Kier molecular flexibility index (Phi) is 5.95. The third kappa shape index (κ3) is 4.67. The number of carbonyl (C=O) groups is 2. The monoisotopic (exact) mass is 269 g/mol. The van der Waals surface area contributed by atoms with Crippen LogP contribution >= 0.6 is 0 Å². The zero-order chi connectivity index (χ0) is 14.3. The average Bonchev–Trinajstić information content (AvgIpc) is 2.38. The first kappa shape index (κ1) is 15.1. The molecule has 0 aliphatic heterocycles. The largest absolute Gasteiger partial charge is 0.462 e. The molecule has 0 atom stereocenters. The zero-order valence-electron chi connectivity index (χ0n) is 10.9. The van der Waals surface area contributed by atoms with E-state index in [4.69, 9.17) is 9.47 Å². The summed E-state index contributed by atoms with van der Waals surface area (Å²) in [5.74, 6) is -1.68. The van der Waals surface area contributed by atoms with Gasteiger partial charge in [-0.15, -0.1) is 0 Å². The Hall–Kier alpha value is -1.95. The molecule has 0 bridgehead atoms. The van der Waals surface area contributed by atoms with E-state index in [9.17, 15) is 14.0 Å². The molecule has 1 N–H and O–H groups in total. The normalized spacial score (nSPS) is 10.1. The summed E-state index contributed by atoms with van der Waals surface area (Å²) in [6.45, 7) is 3.85. The molecular weight excluding hydrogens is 253 g/mol. The smallest absolute Gasteiger partial charge is 0.340 e. The van der Waals surface area contributed by atoms with Gasteiger partial charge in [-0.25, -0.2) is 9.18 Å². The minimum Gasteiger partial charge on any atom is -0.462 e. The van der Waals surface area contributed by atoms with Crippen LogP contribution < -0.4 is 5.32 Å². The molecule has 0 aliphatic carbocycles. The standard InChI is InChI=1S/C13H16FNO4/c1-3-18-8-12(16)15-11-6-5-9(14)7-10(11)13(17)19-4-2/h5-7H,3-4,8H2,1-2H3,(H,15,16). The second kappa shape index (κ2) is 7.48. The summed E-state index contributed by atoms with van der Waals surface area (Å²) in [4.78, 5) is 23.1. The molecule has 5 nitrogen and oxygen atoms in total. The fourth-order valence-electron chi connectivity index (χ4n) is 1.38. The van der Waals surface area contributed by atoms with Crippen LogP contribution in [0.3, 0.4) is 0 Å². The minimum absolute atomic E-state index is 0.0216. The molecule has 1 rings (SSSR count). The Morgan fingerprint density at radius 1 is 1.26 bits per heavy atom. The van der Waals surface area contributed by atoms with E-state index in [-0.39, 0.29) is 24.5 Å². The van der Waals surface area contributed by atoms with Gasteiger partial charge >= 0.3 is 5.97 Å². The first-order chi connectivity index (χ1) is 9.08. The van der Waals surface area contributed by atoms with E-state index in [1.807, 2.05) is 0 Å². The number of ether oxygens (including phenoxy) is 2. The molecule has 0 unspecified atom stereocenters. The van der Waals surface area contributed by atoms with E-state index in [1.165, 1.54) is 6.07 Å². The number of hydrogen-bond donors (Lipinski definition) is 1. The molecule has 0 aliphatic rings. The van der Waals surface area contributed by atoms with Crippen LogP contribution in [0.1, 0.15) is 24.2 Å². The number of halogens is 1. The molecule has 1 amide bonds. The fourth-order valence-corrected chi connectivity index (χ4v) is 1.38. The maximum absolute atomic E-state index is 13.1. The molecule has 0 radical (unpaired) electrons. The number of anilines is 1. The molecule has 104 valence electrons. The second-order valence-corrected chi connectivity index (χ2v) is 3.60. The van der Waals surface area contributed by atoms with Gasteiger partial charge in [0.2, 0.25) is 5.91 Å². The Labute approximate surface area is 110 Å². The van der Waals surface area contributed by atoms with Gasteiger partial charge in [0.1, 0.15) is 12.4 Å². The summed E-state index contributed by atoms with van der Waals surface area (Å²) in [5, 5.41) is 2.48. The average molecular weight is 269 g/mol. The number of amides is 1. The number of nitrogens with one attached hydrogen (secondary N) is 1. The van der Waals surface area contributed by atoms with Gasteiger partial charge in [-0.1, -0.05) is 0 Å². The lowest BCUT2D eigenvalue weighted by Crippen LogP contribution is -2.20. The zero-order valence-corrected chi connectivity index (χ0v) is 10.9. The van der Waals surface area contributed by atoms with Gasteiger partial charge in [-0.05, 0) is 32.0 Å². The molecule has 1 aromatic carbocycles. The Balaban J connectivity index is 2.87. The van der Waals surface area contributed by atoms with Crippen molar-refractivity contribution in [3.8, 4) is 0 Å². The van der Waals surface area contributed by atoms with Gasteiger partial charge < -0.3 is 14.8 Å². The lowest BCUT2D eigenvalue weighted by molar-refractivity contribution is -0.120. The molecule has 0 saturated carbocycles. The molecule has 0 saturated heterocycles. The molecule has 0 heterocycles. The first-order valence-corrected chi connectivity index (χ1v) is 5.92. The van der Waals surface area contributed by atoms with Crippen LogP contribution in [0.15, 0.2) is 18.2 Å². The molecule has 0 spiro atoms. The molecule has 1 aromatic rings. The number of benzene rings is 1. The van der Waals surface area contributed by atoms with E-state index in [0.717, 1.165) is 12.1 Å². The number of carbonyl (C=O) groups excluding carboxylic acids is 2.